The van der Waals surface area contributed by atoms with Crippen LogP contribution in [0.3, 0.4) is 0 Å². The molecule has 2 aromatic heterocycles. The maximum absolute atomic E-state index is 12.1. The van der Waals surface area contributed by atoms with Crippen LogP contribution in [0.15, 0.2) is 54.9 Å². The second kappa shape index (κ2) is 6.97. The lowest BCUT2D eigenvalue weighted by atomic mass is 10.2. The van der Waals surface area contributed by atoms with E-state index in [1.807, 2.05) is 73.8 Å². The predicted molar refractivity (Wildman–Crippen MR) is 95.5 cm³/mol. The van der Waals surface area contributed by atoms with Crippen LogP contribution in [0.4, 0.5) is 0 Å². The molecule has 0 saturated heterocycles. The molecule has 0 spiro atoms. The smallest absolute Gasteiger partial charge is 0.312 e. The first-order valence-corrected chi connectivity index (χ1v) is 8.26. The van der Waals surface area contributed by atoms with Gasteiger partial charge < -0.3 is 13.9 Å². The average Bonchev–Trinajstić information content (AvgIpc) is 3.03. The fourth-order valence-corrected chi connectivity index (χ4v) is 2.56. The van der Waals surface area contributed by atoms with Gasteiger partial charge in [-0.3, -0.25) is 4.79 Å². The molecule has 1 aromatic carbocycles. The predicted octanol–water partition coefficient (Wildman–Crippen LogP) is 3.80. The number of nitrogens with zero attached hydrogens (tertiary/aromatic N) is 2. The van der Waals surface area contributed by atoms with Crippen molar-refractivity contribution in [2.45, 2.75) is 39.4 Å². The van der Waals surface area contributed by atoms with Gasteiger partial charge in [0.15, 0.2) is 11.4 Å². The van der Waals surface area contributed by atoms with E-state index >= 15 is 0 Å². The van der Waals surface area contributed by atoms with Gasteiger partial charge in [-0.15, -0.1) is 0 Å². The molecule has 0 amide bonds. The van der Waals surface area contributed by atoms with E-state index in [0.29, 0.717) is 18.0 Å². The number of rotatable bonds is 5. The summed E-state index contributed by atoms with van der Waals surface area (Å²) in [6.07, 6.45) is 3.71. The molecule has 0 bridgehead atoms. The van der Waals surface area contributed by atoms with E-state index < -0.39 is 5.60 Å². The molecule has 0 N–H and O–H groups in total. The molecule has 3 aromatic rings. The highest BCUT2D eigenvalue weighted by Crippen LogP contribution is 2.22. The normalized spacial score (nSPS) is 11.5. The molecule has 5 nitrogen and oxygen atoms in total. The summed E-state index contributed by atoms with van der Waals surface area (Å²) in [7, 11) is 0. The van der Waals surface area contributed by atoms with Crippen LogP contribution in [0.5, 0.6) is 5.75 Å². The zero-order chi connectivity index (χ0) is 17.9. The molecule has 0 atom stereocenters. The van der Waals surface area contributed by atoms with Gasteiger partial charge in [-0.05, 0) is 38.5 Å². The number of aromatic nitrogens is 2. The molecule has 130 valence electrons. The number of imidazole rings is 1. The Morgan fingerprint density at radius 2 is 1.88 bits per heavy atom. The third-order valence-electron chi connectivity index (χ3n) is 3.58. The Balaban J connectivity index is 1.77. The van der Waals surface area contributed by atoms with Gasteiger partial charge in [0.1, 0.15) is 12.2 Å². The number of hydrogen-bond acceptors (Lipinski definition) is 4. The molecule has 2 heterocycles. The van der Waals surface area contributed by atoms with Crippen LogP contribution in [0.25, 0.3) is 5.65 Å². The van der Waals surface area contributed by atoms with Crippen LogP contribution < -0.4 is 4.74 Å². The zero-order valence-corrected chi connectivity index (χ0v) is 14.7. The number of carbonyl (C=O) groups excluding carboxylic acids is 1. The van der Waals surface area contributed by atoms with Crippen molar-refractivity contribution in [1.29, 1.82) is 0 Å². The molecular formula is C20H22N2O3. The van der Waals surface area contributed by atoms with Crippen molar-refractivity contribution in [2.75, 3.05) is 0 Å². The summed E-state index contributed by atoms with van der Waals surface area (Å²) in [6.45, 7) is 6.05. The molecule has 0 fully saturated rings. The van der Waals surface area contributed by atoms with Crippen LogP contribution in [0, 0.1) is 0 Å². The van der Waals surface area contributed by atoms with Crippen LogP contribution in [-0.2, 0) is 22.6 Å². The Bertz CT molecular complexity index is 864. The summed E-state index contributed by atoms with van der Waals surface area (Å²) >= 11 is 0. The fraction of sp³-hybridized carbons (Fsp3) is 0.300. The van der Waals surface area contributed by atoms with E-state index in [2.05, 4.69) is 4.98 Å². The van der Waals surface area contributed by atoms with Crippen molar-refractivity contribution in [3.8, 4) is 5.75 Å². The van der Waals surface area contributed by atoms with Gasteiger partial charge >= 0.3 is 5.97 Å². The molecule has 0 unspecified atom stereocenters. The summed E-state index contributed by atoms with van der Waals surface area (Å²) in [5, 5.41) is 0. The molecule has 5 heteroatoms. The van der Waals surface area contributed by atoms with E-state index in [4.69, 9.17) is 9.47 Å². The number of carbonyl (C=O) groups is 1. The highest BCUT2D eigenvalue weighted by atomic mass is 16.6. The molecule has 3 rings (SSSR count). The highest BCUT2D eigenvalue weighted by molar-refractivity contribution is 5.73. The Morgan fingerprint density at radius 3 is 2.60 bits per heavy atom. The molecule has 0 radical (unpaired) electrons. The third kappa shape index (κ3) is 4.38. The van der Waals surface area contributed by atoms with Gasteiger partial charge in [0.25, 0.3) is 0 Å². The lowest BCUT2D eigenvalue weighted by Crippen LogP contribution is -2.25. The van der Waals surface area contributed by atoms with Crippen molar-refractivity contribution in [3.63, 3.8) is 0 Å². The second-order valence-electron chi connectivity index (χ2n) is 6.85. The van der Waals surface area contributed by atoms with Crippen LogP contribution >= 0.6 is 0 Å². The first-order valence-electron chi connectivity index (χ1n) is 8.26. The number of fused-ring (bicyclic) bond motifs is 1. The van der Waals surface area contributed by atoms with Crippen LogP contribution in [0.2, 0.25) is 0 Å². The minimum atomic E-state index is -0.496. The largest absolute Gasteiger partial charge is 0.485 e. The molecule has 0 aliphatic rings. The molecule has 0 saturated carbocycles. The SMILES string of the molecule is CC(C)(C)OC(=O)Cc1ccc(OCc2ccccc2)c2nccn12. The van der Waals surface area contributed by atoms with Crippen LogP contribution in [0.1, 0.15) is 32.0 Å². The van der Waals surface area contributed by atoms with E-state index in [-0.39, 0.29) is 12.4 Å². The van der Waals surface area contributed by atoms with E-state index in [0.717, 1.165) is 11.3 Å². The summed E-state index contributed by atoms with van der Waals surface area (Å²) in [6, 6.07) is 13.7. The molecule has 0 aliphatic carbocycles. The van der Waals surface area contributed by atoms with Crippen molar-refractivity contribution < 1.29 is 14.3 Å². The monoisotopic (exact) mass is 338 g/mol. The number of esters is 1. The number of hydrogen-bond donors (Lipinski definition) is 0. The Morgan fingerprint density at radius 1 is 1.12 bits per heavy atom. The summed E-state index contributed by atoms with van der Waals surface area (Å²) in [5.74, 6) is 0.419. The quantitative estimate of drug-likeness (QED) is 0.664. The summed E-state index contributed by atoms with van der Waals surface area (Å²) in [5.41, 5.74) is 2.10. The first kappa shape index (κ1) is 17.0. The Hall–Kier alpha value is -2.82. The van der Waals surface area contributed by atoms with Gasteiger partial charge in [-0.2, -0.15) is 0 Å². The lowest BCUT2D eigenvalue weighted by molar-refractivity contribution is -0.154. The molecule has 25 heavy (non-hydrogen) atoms. The van der Waals surface area contributed by atoms with Crippen molar-refractivity contribution in [1.82, 2.24) is 9.38 Å². The van der Waals surface area contributed by atoms with Gasteiger partial charge in [-0.25, -0.2) is 4.98 Å². The highest BCUT2D eigenvalue weighted by Gasteiger charge is 2.18. The maximum Gasteiger partial charge on any atom is 0.312 e. The van der Waals surface area contributed by atoms with E-state index in [9.17, 15) is 4.79 Å². The standard InChI is InChI=1S/C20H22N2O3/c1-20(2,3)25-18(23)13-16-9-10-17(19-21-11-12-22(16)19)24-14-15-7-5-4-6-8-15/h4-12H,13-14H2,1-3H3. The molecule has 0 aliphatic heterocycles. The minimum Gasteiger partial charge on any atom is -0.485 e. The first-order chi connectivity index (χ1) is 11.9. The van der Waals surface area contributed by atoms with Crippen molar-refractivity contribution >= 4 is 11.6 Å². The van der Waals surface area contributed by atoms with E-state index in [1.54, 1.807) is 6.20 Å². The van der Waals surface area contributed by atoms with Crippen molar-refractivity contribution in [3.05, 3.63) is 66.1 Å². The topological polar surface area (TPSA) is 52.8 Å². The van der Waals surface area contributed by atoms with E-state index in [1.165, 1.54) is 0 Å². The van der Waals surface area contributed by atoms with Gasteiger partial charge in [-0.1, -0.05) is 30.3 Å². The number of benzene rings is 1. The lowest BCUT2D eigenvalue weighted by Gasteiger charge is -2.19. The van der Waals surface area contributed by atoms with Gasteiger partial charge in [0.2, 0.25) is 0 Å². The number of ether oxygens (including phenoxy) is 2. The second-order valence-corrected chi connectivity index (χ2v) is 6.85. The zero-order valence-electron chi connectivity index (χ0n) is 14.7. The summed E-state index contributed by atoms with van der Waals surface area (Å²) < 4.78 is 13.2. The summed E-state index contributed by atoms with van der Waals surface area (Å²) in [4.78, 5) is 16.5. The van der Waals surface area contributed by atoms with Crippen molar-refractivity contribution in [2.24, 2.45) is 0 Å². The minimum absolute atomic E-state index is 0.184. The fourth-order valence-electron chi connectivity index (χ4n) is 2.56. The Kier molecular flexibility index (Phi) is 4.74. The molecular weight excluding hydrogens is 316 g/mol. The third-order valence-corrected chi connectivity index (χ3v) is 3.58. The average molecular weight is 338 g/mol. The Labute approximate surface area is 147 Å². The maximum atomic E-state index is 12.1. The number of pyridine rings is 1. The van der Waals surface area contributed by atoms with Gasteiger partial charge in [0, 0.05) is 18.1 Å². The van der Waals surface area contributed by atoms with Crippen LogP contribution in [-0.4, -0.2) is 21.0 Å². The van der Waals surface area contributed by atoms with Gasteiger partial charge in [0.05, 0.1) is 6.42 Å².